The molecule has 15 heavy (non-hydrogen) atoms. The average molecular weight is 232 g/mol. The number of rotatable bonds is 4. The lowest BCUT2D eigenvalue weighted by molar-refractivity contribution is -0.137. The number of aliphatic carboxylic acids is 1. The molecule has 0 aromatic carbocycles. The van der Waals surface area contributed by atoms with Gasteiger partial charge in [0, 0.05) is 5.25 Å². The van der Waals surface area contributed by atoms with Crippen LogP contribution in [-0.2, 0) is 4.79 Å². The molecule has 1 aliphatic carbocycles. The molecule has 0 aromatic heterocycles. The molecule has 1 rings (SSSR count). The summed E-state index contributed by atoms with van der Waals surface area (Å²) in [5, 5.41) is 18.6. The maximum Gasteiger partial charge on any atom is 0.316 e. The summed E-state index contributed by atoms with van der Waals surface area (Å²) >= 11 is 1.44. The first-order valence-electron chi connectivity index (χ1n) is 5.58. The number of carboxylic acids is 1. The highest BCUT2D eigenvalue weighted by atomic mass is 32.2. The highest BCUT2D eigenvalue weighted by molar-refractivity contribution is 8.01. The van der Waals surface area contributed by atoms with Gasteiger partial charge in [0.15, 0.2) is 0 Å². The molecule has 0 saturated heterocycles. The van der Waals surface area contributed by atoms with E-state index in [1.165, 1.54) is 11.8 Å². The molecule has 1 fully saturated rings. The van der Waals surface area contributed by atoms with Crippen LogP contribution >= 0.6 is 11.8 Å². The molecule has 3 atom stereocenters. The second kappa shape index (κ2) is 5.75. The van der Waals surface area contributed by atoms with Crippen molar-refractivity contribution < 1.29 is 15.0 Å². The SMILES string of the molecule is CC(C)C(SC1CCCCC1O)C(=O)O. The van der Waals surface area contributed by atoms with Crippen LogP contribution in [0.5, 0.6) is 0 Å². The summed E-state index contributed by atoms with van der Waals surface area (Å²) in [5.74, 6) is -0.644. The Morgan fingerprint density at radius 3 is 2.40 bits per heavy atom. The predicted octanol–water partition coefficient (Wildman–Crippen LogP) is 2.13. The molecule has 0 radical (unpaired) electrons. The number of aliphatic hydroxyl groups excluding tert-OH is 1. The smallest absolute Gasteiger partial charge is 0.316 e. The van der Waals surface area contributed by atoms with Crippen LogP contribution in [0.25, 0.3) is 0 Å². The minimum atomic E-state index is -0.757. The van der Waals surface area contributed by atoms with Gasteiger partial charge in [0.1, 0.15) is 5.25 Å². The summed E-state index contributed by atoms with van der Waals surface area (Å²) in [5.41, 5.74) is 0. The minimum Gasteiger partial charge on any atom is -0.480 e. The van der Waals surface area contributed by atoms with Gasteiger partial charge in [-0.1, -0.05) is 26.7 Å². The van der Waals surface area contributed by atoms with Crippen LogP contribution in [0.2, 0.25) is 0 Å². The Balaban J connectivity index is 2.52. The van der Waals surface area contributed by atoms with E-state index in [9.17, 15) is 9.90 Å². The Morgan fingerprint density at radius 2 is 1.93 bits per heavy atom. The minimum absolute atomic E-state index is 0.113. The Kier molecular flexibility index (Phi) is 4.93. The molecule has 1 aliphatic rings. The fourth-order valence-electron chi connectivity index (χ4n) is 1.92. The Morgan fingerprint density at radius 1 is 1.33 bits per heavy atom. The maximum absolute atomic E-state index is 11.0. The van der Waals surface area contributed by atoms with E-state index in [1.54, 1.807) is 0 Å². The van der Waals surface area contributed by atoms with Crippen LogP contribution in [-0.4, -0.2) is 32.8 Å². The highest BCUT2D eigenvalue weighted by Crippen LogP contribution is 2.34. The van der Waals surface area contributed by atoms with Crippen molar-refractivity contribution in [3.8, 4) is 0 Å². The third-order valence-corrected chi connectivity index (χ3v) is 4.78. The Labute approximate surface area is 95.3 Å². The summed E-state index contributed by atoms with van der Waals surface area (Å²) in [6.07, 6.45) is 3.63. The second-order valence-electron chi connectivity index (χ2n) is 4.53. The van der Waals surface area contributed by atoms with E-state index >= 15 is 0 Å². The van der Waals surface area contributed by atoms with Gasteiger partial charge in [0.2, 0.25) is 0 Å². The molecule has 2 N–H and O–H groups in total. The summed E-state index contributed by atoms with van der Waals surface area (Å²) in [6, 6.07) is 0. The van der Waals surface area contributed by atoms with Crippen molar-refractivity contribution in [3.05, 3.63) is 0 Å². The molecule has 0 bridgehead atoms. The fraction of sp³-hybridized carbons (Fsp3) is 0.909. The molecule has 88 valence electrons. The maximum atomic E-state index is 11.0. The molecule has 4 heteroatoms. The van der Waals surface area contributed by atoms with Gasteiger partial charge in [-0.25, -0.2) is 0 Å². The monoisotopic (exact) mass is 232 g/mol. The van der Waals surface area contributed by atoms with Gasteiger partial charge in [-0.05, 0) is 18.8 Å². The predicted molar refractivity (Wildman–Crippen MR) is 62.1 cm³/mol. The number of hydrogen-bond acceptors (Lipinski definition) is 3. The summed E-state index contributed by atoms with van der Waals surface area (Å²) in [6.45, 7) is 3.84. The molecule has 0 aliphatic heterocycles. The summed E-state index contributed by atoms with van der Waals surface area (Å²) < 4.78 is 0. The van der Waals surface area contributed by atoms with Crippen molar-refractivity contribution in [2.75, 3.05) is 0 Å². The van der Waals surface area contributed by atoms with Gasteiger partial charge < -0.3 is 10.2 Å². The Bertz CT molecular complexity index is 218. The summed E-state index contributed by atoms with van der Waals surface area (Å²) in [4.78, 5) is 11.0. The molecular weight excluding hydrogens is 212 g/mol. The third kappa shape index (κ3) is 3.68. The average Bonchev–Trinajstić information content (AvgIpc) is 2.15. The standard InChI is InChI=1S/C11H20O3S/c1-7(2)10(11(13)14)15-9-6-4-3-5-8(9)12/h7-10,12H,3-6H2,1-2H3,(H,13,14). The van der Waals surface area contributed by atoms with E-state index in [0.29, 0.717) is 0 Å². The van der Waals surface area contributed by atoms with E-state index in [-0.39, 0.29) is 22.5 Å². The zero-order valence-corrected chi connectivity index (χ0v) is 10.2. The number of carbonyl (C=O) groups is 1. The van der Waals surface area contributed by atoms with Gasteiger partial charge in [-0.2, -0.15) is 0 Å². The van der Waals surface area contributed by atoms with Crippen molar-refractivity contribution in [2.24, 2.45) is 5.92 Å². The van der Waals surface area contributed by atoms with Gasteiger partial charge >= 0.3 is 5.97 Å². The highest BCUT2D eigenvalue weighted by Gasteiger charge is 2.31. The van der Waals surface area contributed by atoms with Crippen molar-refractivity contribution in [2.45, 2.75) is 56.1 Å². The number of carboxylic acid groups (broad SMARTS) is 1. The first kappa shape index (κ1) is 12.8. The second-order valence-corrected chi connectivity index (χ2v) is 5.91. The Hall–Kier alpha value is -0.220. The van der Waals surface area contributed by atoms with E-state index in [4.69, 9.17) is 5.11 Å². The van der Waals surface area contributed by atoms with Crippen LogP contribution < -0.4 is 0 Å². The lowest BCUT2D eigenvalue weighted by Gasteiger charge is -2.30. The topological polar surface area (TPSA) is 57.5 Å². The quantitative estimate of drug-likeness (QED) is 0.779. The van der Waals surface area contributed by atoms with E-state index in [0.717, 1.165) is 25.7 Å². The van der Waals surface area contributed by atoms with Gasteiger partial charge in [-0.3, -0.25) is 4.79 Å². The molecule has 0 heterocycles. The van der Waals surface area contributed by atoms with Crippen LogP contribution in [0.4, 0.5) is 0 Å². The molecule has 0 amide bonds. The molecule has 3 nitrogen and oxygen atoms in total. The van der Waals surface area contributed by atoms with Gasteiger partial charge in [0.05, 0.1) is 6.10 Å². The number of aliphatic hydroxyl groups is 1. The van der Waals surface area contributed by atoms with Crippen molar-refractivity contribution in [1.29, 1.82) is 0 Å². The van der Waals surface area contributed by atoms with E-state index in [2.05, 4.69) is 0 Å². The fourth-order valence-corrected chi connectivity index (χ4v) is 3.35. The number of hydrogen-bond donors (Lipinski definition) is 2. The zero-order chi connectivity index (χ0) is 11.4. The summed E-state index contributed by atoms with van der Waals surface area (Å²) in [7, 11) is 0. The zero-order valence-electron chi connectivity index (χ0n) is 9.35. The van der Waals surface area contributed by atoms with Crippen molar-refractivity contribution >= 4 is 17.7 Å². The molecule has 0 spiro atoms. The van der Waals surface area contributed by atoms with E-state index < -0.39 is 5.97 Å². The molecule has 0 aromatic rings. The molecule has 3 unspecified atom stereocenters. The van der Waals surface area contributed by atoms with Crippen molar-refractivity contribution in [3.63, 3.8) is 0 Å². The molecule has 1 saturated carbocycles. The lowest BCUT2D eigenvalue weighted by Crippen LogP contribution is -2.33. The lowest BCUT2D eigenvalue weighted by atomic mass is 9.97. The van der Waals surface area contributed by atoms with Gasteiger partial charge in [-0.15, -0.1) is 11.8 Å². The van der Waals surface area contributed by atoms with Crippen LogP contribution in [0.1, 0.15) is 39.5 Å². The third-order valence-electron chi connectivity index (χ3n) is 2.84. The largest absolute Gasteiger partial charge is 0.480 e. The van der Waals surface area contributed by atoms with Crippen LogP contribution in [0.3, 0.4) is 0 Å². The van der Waals surface area contributed by atoms with E-state index in [1.807, 2.05) is 13.8 Å². The van der Waals surface area contributed by atoms with Crippen LogP contribution in [0.15, 0.2) is 0 Å². The number of thioether (sulfide) groups is 1. The molecular formula is C11H20O3S. The van der Waals surface area contributed by atoms with Crippen LogP contribution in [0, 0.1) is 5.92 Å². The van der Waals surface area contributed by atoms with Gasteiger partial charge in [0.25, 0.3) is 0 Å². The normalized spacial score (nSPS) is 29.1. The first-order valence-corrected chi connectivity index (χ1v) is 6.53. The first-order chi connectivity index (χ1) is 7.02. The van der Waals surface area contributed by atoms with Crippen molar-refractivity contribution in [1.82, 2.24) is 0 Å².